The van der Waals surface area contributed by atoms with Crippen LogP contribution in [0.25, 0.3) is 0 Å². The summed E-state index contributed by atoms with van der Waals surface area (Å²) in [7, 11) is 0. The van der Waals surface area contributed by atoms with Crippen LogP contribution in [-0.2, 0) is 11.3 Å². The SMILES string of the molecule is C=CCn1c(SCC(=O)Nc2ccc(C)cc2)nnc1C(C)Oc1ccc(C)cc1C. The molecule has 0 aliphatic carbocycles. The van der Waals surface area contributed by atoms with Crippen molar-refractivity contribution in [3.8, 4) is 5.75 Å². The highest BCUT2D eigenvalue weighted by molar-refractivity contribution is 7.99. The number of anilines is 1. The number of hydrogen-bond donors (Lipinski definition) is 1. The van der Waals surface area contributed by atoms with Crippen molar-refractivity contribution < 1.29 is 9.53 Å². The molecule has 1 atom stereocenters. The van der Waals surface area contributed by atoms with Gasteiger partial charge in [-0.3, -0.25) is 9.36 Å². The molecule has 1 amide bonds. The van der Waals surface area contributed by atoms with Crippen molar-refractivity contribution in [3.05, 3.63) is 77.6 Å². The molecule has 3 rings (SSSR count). The van der Waals surface area contributed by atoms with Gasteiger partial charge in [0.15, 0.2) is 17.1 Å². The Kier molecular flexibility index (Phi) is 7.52. The van der Waals surface area contributed by atoms with Gasteiger partial charge in [-0.2, -0.15) is 0 Å². The van der Waals surface area contributed by atoms with E-state index in [0.717, 1.165) is 22.6 Å². The topological polar surface area (TPSA) is 69.0 Å². The lowest BCUT2D eigenvalue weighted by molar-refractivity contribution is -0.113. The highest BCUT2D eigenvalue weighted by Gasteiger charge is 2.20. The van der Waals surface area contributed by atoms with Crippen molar-refractivity contribution in [1.82, 2.24) is 14.8 Å². The molecule has 0 spiro atoms. The Morgan fingerprint density at radius 1 is 1.16 bits per heavy atom. The predicted octanol–water partition coefficient (Wildman–Crippen LogP) is 5.26. The van der Waals surface area contributed by atoms with Gasteiger partial charge in [-0.1, -0.05) is 53.2 Å². The number of ether oxygens (including phenoxy) is 1. The Bertz CT molecular complexity index is 1060. The number of carbonyl (C=O) groups excluding carboxylic acids is 1. The van der Waals surface area contributed by atoms with Crippen molar-refractivity contribution in [2.75, 3.05) is 11.1 Å². The molecule has 1 aromatic heterocycles. The molecule has 162 valence electrons. The minimum Gasteiger partial charge on any atom is -0.482 e. The van der Waals surface area contributed by atoms with Crippen LogP contribution in [-0.4, -0.2) is 26.4 Å². The molecule has 0 aliphatic rings. The molecular formula is C24H28N4O2S. The second-order valence-corrected chi connectivity index (χ2v) is 8.41. The molecule has 0 bridgehead atoms. The molecule has 3 aromatic rings. The van der Waals surface area contributed by atoms with Crippen molar-refractivity contribution in [3.63, 3.8) is 0 Å². The van der Waals surface area contributed by atoms with E-state index in [9.17, 15) is 4.79 Å². The summed E-state index contributed by atoms with van der Waals surface area (Å²) in [6.45, 7) is 12.4. The molecule has 0 aliphatic heterocycles. The Hall–Kier alpha value is -3.06. The summed E-state index contributed by atoms with van der Waals surface area (Å²) >= 11 is 1.34. The van der Waals surface area contributed by atoms with E-state index in [0.29, 0.717) is 17.5 Å². The van der Waals surface area contributed by atoms with E-state index in [1.54, 1.807) is 6.08 Å². The van der Waals surface area contributed by atoms with E-state index in [-0.39, 0.29) is 17.8 Å². The largest absolute Gasteiger partial charge is 0.482 e. The van der Waals surface area contributed by atoms with Crippen molar-refractivity contribution in [1.29, 1.82) is 0 Å². The maximum Gasteiger partial charge on any atom is 0.234 e. The summed E-state index contributed by atoms with van der Waals surface area (Å²) in [5, 5.41) is 12.2. The predicted molar refractivity (Wildman–Crippen MR) is 126 cm³/mol. The van der Waals surface area contributed by atoms with Crippen LogP contribution in [0, 0.1) is 20.8 Å². The Labute approximate surface area is 187 Å². The number of thioether (sulfide) groups is 1. The number of aryl methyl sites for hydroxylation is 3. The highest BCUT2D eigenvalue weighted by Crippen LogP contribution is 2.27. The van der Waals surface area contributed by atoms with Crippen LogP contribution >= 0.6 is 11.8 Å². The minimum absolute atomic E-state index is 0.0943. The smallest absolute Gasteiger partial charge is 0.234 e. The van der Waals surface area contributed by atoms with Gasteiger partial charge in [0.2, 0.25) is 5.91 Å². The third-order valence-electron chi connectivity index (χ3n) is 4.72. The summed E-state index contributed by atoms with van der Waals surface area (Å²) in [6.07, 6.45) is 1.48. The lowest BCUT2D eigenvalue weighted by Gasteiger charge is -2.17. The molecule has 31 heavy (non-hydrogen) atoms. The third kappa shape index (κ3) is 5.98. The average molecular weight is 437 g/mol. The number of benzene rings is 2. The van der Waals surface area contributed by atoms with E-state index in [1.807, 2.05) is 61.7 Å². The van der Waals surface area contributed by atoms with E-state index in [1.165, 1.54) is 17.3 Å². The first-order valence-electron chi connectivity index (χ1n) is 10.1. The molecule has 0 fully saturated rings. The van der Waals surface area contributed by atoms with Crippen LogP contribution < -0.4 is 10.1 Å². The van der Waals surface area contributed by atoms with Crippen LogP contribution in [0.5, 0.6) is 5.75 Å². The van der Waals surface area contributed by atoms with Crippen LogP contribution in [0.2, 0.25) is 0 Å². The summed E-state index contributed by atoms with van der Waals surface area (Å²) in [6, 6.07) is 13.8. The molecule has 2 aromatic carbocycles. The number of carbonyl (C=O) groups is 1. The van der Waals surface area contributed by atoms with E-state index < -0.39 is 0 Å². The molecule has 0 saturated heterocycles. The standard InChI is InChI=1S/C24H28N4O2S/c1-6-13-28-23(19(5)30-21-12-9-17(3)14-18(21)4)26-27-24(28)31-15-22(29)25-20-10-7-16(2)8-11-20/h6-12,14,19H,1,13,15H2,2-5H3,(H,25,29). The molecule has 0 radical (unpaired) electrons. The number of rotatable bonds is 9. The van der Waals surface area contributed by atoms with Crippen molar-refractivity contribution in [2.45, 2.75) is 45.5 Å². The highest BCUT2D eigenvalue weighted by atomic mass is 32.2. The van der Waals surface area contributed by atoms with Gasteiger partial charge in [-0.05, 0) is 51.5 Å². The maximum atomic E-state index is 12.4. The van der Waals surface area contributed by atoms with Crippen LogP contribution in [0.15, 0.2) is 60.3 Å². The quantitative estimate of drug-likeness (QED) is 0.366. The molecule has 1 N–H and O–H groups in total. The zero-order valence-electron chi connectivity index (χ0n) is 18.4. The van der Waals surface area contributed by atoms with Gasteiger partial charge in [0.25, 0.3) is 0 Å². The van der Waals surface area contributed by atoms with Gasteiger partial charge in [-0.15, -0.1) is 16.8 Å². The zero-order valence-corrected chi connectivity index (χ0v) is 19.2. The van der Waals surface area contributed by atoms with Crippen LogP contribution in [0.1, 0.15) is 35.5 Å². The monoisotopic (exact) mass is 436 g/mol. The van der Waals surface area contributed by atoms with Gasteiger partial charge in [0, 0.05) is 12.2 Å². The average Bonchev–Trinajstić information content (AvgIpc) is 3.13. The Morgan fingerprint density at radius 3 is 2.55 bits per heavy atom. The number of nitrogens with one attached hydrogen (secondary N) is 1. The van der Waals surface area contributed by atoms with Gasteiger partial charge >= 0.3 is 0 Å². The lowest BCUT2D eigenvalue weighted by Crippen LogP contribution is -2.15. The lowest BCUT2D eigenvalue weighted by atomic mass is 10.1. The molecular weight excluding hydrogens is 408 g/mol. The van der Waals surface area contributed by atoms with Gasteiger partial charge < -0.3 is 10.1 Å². The van der Waals surface area contributed by atoms with E-state index in [4.69, 9.17) is 4.74 Å². The number of hydrogen-bond acceptors (Lipinski definition) is 5. The number of aromatic nitrogens is 3. The summed E-state index contributed by atoms with van der Waals surface area (Å²) in [5.41, 5.74) is 4.19. The minimum atomic E-state index is -0.301. The Morgan fingerprint density at radius 2 is 1.87 bits per heavy atom. The second-order valence-electron chi connectivity index (χ2n) is 7.47. The van der Waals surface area contributed by atoms with Crippen LogP contribution in [0.4, 0.5) is 5.69 Å². The molecule has 1 unspecified atom stereocenters. The number of amides is 1. The first kappa shape index (κ1) is 22.6. The number of nitrogens with zero attached hydrogens (tertiary/aromatic N) is 3. The van der Waals surface area contributed by atoms with E-state index >= 15 is 0 Å². The fourth-order valence-electron chi connectivity index (χ4n) is 3.15. The van der Waals surface area contributed by atoms with Gasteiger partial charge in [0.1, 0.15) is 5.75 Å². The van der Waals surface area contributed by atoms with Gasteiger partial charge in [-0.25, -0.2) is 0 Å². The third-order valence-corrected chi connectivity index (χ3v) is 5.69. The first-order valence-corrected chi connectivity index (χ1v) is 11.1. The molecule has 0 saturated carbocycles. The zero-order chi connectivity index (χ0) is 22.4. The van der Waals surface area contributed by atoms with Crippen molar-refractivity contribution in [2.24, 2.45) is 0 Å². The Balaban J connectivity index is 1.68. The normalized spacial score (nSPS) is 11.7. The summed E-state index contributed by atoms with van der Waals surface area (Å²) in [4.78, 5) is 12.4. The fourth-order valence-corrected chi connectivity index (χ4v) is 3.90. The van der Waals surface area contributed by atoms with Gasteiger partial charge in [0.05, 0.1) is 5.75 Å². The molecule has 7 heteroatoms. The maximum absolute atomic E-state index is 12.4. The van der Waals surface area contributed by atoms with Crippen LogP contribution in [0.3, 0.4) is 0 Å². The first-order chi connectivity index (χ1) is 14.9. The van der Waals surface area contributed by atoms with Crippen molar-refractivity contribution >= 4 is 23.4 Å². The summed E-state index contributed by atoms with van der Waals surface area (Å²) < 4.78 is 8.09. The molecule has 6 nitrogen and oxygen atoms in total. The fraction of sp³-hybridized carbons (Fsp3) is 0.292. The summed E-state index contributed by atoms with van der Waals surface area (Å²) in [5.74, 6) is 1.65. The number of allylic oxidation sites excluding steroid dienone is 1. The second kappa shape index (κ2) is 10.3. The molecule has 1 heterocycles. The van der Waals surface area contributed by atoms with E-state index in [2.05, 4.69) is 35.1 Å².